The smallest absolute Gasteiger partial charge is 0.252 e. The van der Waals surface area contributed by atoms with Crippen LogP contribution in [0, 0.1) is 6.92 Å². The number of hydrogen-bond donors (Lipinski definition) is 3. The lowest BCUT2D eigenvalue weighted by Gasteiger charge is -2.18. The summed E-state index contributed by atoms with van der Waals surface area (Å²) < 4.78 is 0. The number of rotatable bonds is 5. The highest BCUT2D eigenvalue weighted by Gasteiger charge is 2.16. The maximum Gasteiger partial charge on any atom is 0.252 e. The normalized spacial score (nSPS) is 12.1. The zero-order valence-corrected chi connectivity index (χ0v) is 17.8. The molecule has 0 bridgehead atoms. The summed E-state index contributed by atoms with van der Waals surface area (Å²) in [5.41, 5.74) is 4.64. The number of nitrogens with zero attached hydrogens (tertiary/aromatic N) is 3. The lowest BCUT2D eigenvalue weighted by molar-refractivity contribution is 0.0939. The largest absolute Gasteiger partial charge is 0.345 e. The van der Waals surface area contributed by atoms with Crippen LogP contribution < -0.4 is 10.6 Å². The van der Waals surface area contributed by atoms with Gasteiger partial charge < -0.3 is 15.6 Å². The van der Waals surface area contributed by atoms with Gasteiger partial charge in [-0.05, 0) is 47.9 Å². The fourth-order valence-electron chi connectivity index (χ4n) is 3.92. The number of imidazole rings is 1. The highest BCUT2D eigenvalue weighted by atomic mass is 16.1. The second kappa shape index (κ2) is 8.11. The summed E-state index contributed by atoms with van der Waals surface area (Å²) in [6.07, 6.45) is 3.03. The van der Waals surface area contributed by atoms with Crippen LogP contribution in [0.2, 0.25) is 0 Å². The SMILES string of the molecule is Cc1ccc(Nc2ncnc3nc[nH]c23)cc1C(=O)N[C@H](C)c1cccc2ccccc12. The van der Waals surface area contributed by atoms with Crippen LogP contribution >= 0.6 is 0 Å². The van der Waals surface area contributed by atoms with Crippen LogP contribution in [0.5, 0.6) is 0 Å². The lowest BCUT2D eigenvalue weighted by atomic mass is 9.99. The first-order chi connectivity index (χ1) is 15.6. The van der Waals surface area contributed by atoms with Gasteiger partial charge in [0.05, 0.1) is 12.4 Å². The predicted octanol–water partition coefficient (Wildman–Crippen LogP) is 5.05. The van der Waals surface area contributed by atoms with E-state index in [0.717, 1.165) is 27.6 Å². The third-order valence-corrected chi connectivity index (χ3v) is 5.61. The molecule has 5 rings (SSSR count). The Labute approximate surface area is 184 Å². The molecule has 7 heteroatoms. The highest BCUT2D eigenvalue weighted by molar-refractivity contribution is 5.97. The Bertz CT molecular complexity index is 1440. The van der Waals surface area contributed by atoms with Gasteiger partial charge in [0.15, 0.2) is 11.5 Å². The molecule has 7 nitrogen and oxygen atoms in total. The molecule has 0 aliphatic heterocycles. The molecule has 32 heavy (non-hydrogen) atoms. The summed E-state index contributed by atoms with van der Waals surface area (Å²) in [6, 6.07) is 19.9. The van der Waals surface area contributed by atoms with Crippen molar-refractivity contribution in [2.45, 2.75) is 19.9 Å². The van der Waals surface area contributed by atoms with Crippen molar-refractivity contribution in [1.82, 2.24) is 25.3 Å². The average Bonchev–Trinajstić information content (AvgIpc) is 3.30. The molecular formula is C25H22N6O. The van der Waals surface area contributed by atoms with Crippen molar-refractivity contribution >= 4 is 39.3 Å². The van der Waals surface area contributed by atoms with Gasteiger partial charge in [-0.15, -0.1) is 0 Å². The van der Waals surface area contributed by atoms with Crippen LogP contribution in [0.15, 0.2) is 73.3 Å². The van der Waals surface area contributed by atoms with E-state index in [1.54, 1.807) is 6.33 Å². The molecule has 1 atom stereocenters. The van der Waals surface area contributed by atoms with E-state index in [0.29, 0.717) is 22.5 Å². The second-order valence-electron chi connectivity index (χ2n) is 7.74. The lowest BCUT2D eigenvalue weighted by Crippen LogP contribution is -2.27. The number of anilines is 2. The number of fused-ring (bicyclic) bond motifs is 2. The second-order valence-corrected chi connectivity index (χ2v) is 7.74. The number of aryl methyl sites for hydroxylation is 1. The molecule has 3 aromatic carbocycles. The number of carbonyl (C=O) groups excluding carboxylic acids is 1. The zero-order valence-electron chi connectivity index (χ0n) is 17.8. The molecule has 5 aromatic rings. The zero-order chi connectivity index (χ0) is 22.1. The monoisotopic (exact) mass is 422 g/mol. The summed E-state index contributed by atoms with van der Waals surface area (Å²) >= 11 is 0. The number of H-pyrrole nitrogens is 1. The molecule has 0 saturated heterocycles. The molecule has 0 unspecified atom stereocenters. The number of benzene rings is 3. The van der Waals surface area contributed by atoms with Gasteiger partial charge in [-0.25, -0.2) is 15.0 Å². The molecule has 1 amide bonds. The van der Waals surface area contributed by atoms with Gasteiger partial charge in [0.2, 0.25) is 0 Å². The van der Waals surface area contributed by atoms with Gasteiger partial charge in [-0.1, -0.05) is 48.5 Å². The van der Waals surface area contributed by atoms with Gasteiger partial charge >= 0.3 is 0 Å². The Balaban J connectivity index is 1.40. The van der Waals surface area contributed by atoms with E-state index in [9.17, 15) is 4.79 Å². The van der Waals surface area contributed by atoms with Gasteiger partial charge in [-0.3, -0.25) is 4.79 Å². The van der Waals surface area contributed by atoms with E-state index in [1.165, 1.54) is 6.33 Å². The number of aromatic amines is 1. The summed E-state index contributed by atoms with van der Waals surface area (Å²) in [4.78, 5) is 28.8. The molecule has 0 aliphatic carbocycles. The Morgan fingerprint density at radius 2 is 1.84 bits per heavy atom. The number of amides is 1. The molecule has 2 aromatic heterocycles. The van der Waals surface area contributed by atoms with Crippen LogP contribution in [-0.4, -0.2) is 25.8 Å². The van der Waals surface area contributed by atoms with Crippen LogP contribution in [-0.2, 0) is 0 Å². The topological polar surface area (TPSA) is 95.6 Å². The van der Waals surface area contributed by atoms with E-state index in [-0.39, 0.29) is 11.9 Å². The first-order valence-corrected chi connectivity index (χ1v) is 10.4. The number of carbonyl (C=O) groups is 1. The summed E-state index contributed by atoms with van der Waals surface area (Å²) in [7, 11) is 0. The number of nitrogens with one attached hydrogen (secondary N) is 3. The third-order valence-electron chi connectivity index (χ3n) is 5.61. The highest BCUT2D eigenvalue weighted by Crippen LogP contribution is 2.26. The van der Waals surface area contributed by atoms with E-state index in [1.807, 2.05) is 50.2 Å². The fourth-order valence-corrected chi connectivity index (χ4v) is 3.92. The van der Waals surface area contributed by atoms with Crippen LogP contribution in [0.4, 0.5) is 11.5 Å². The minimum absolute atomic E-state index is 0.124. The molecule has 0 saturated carbocycles. The van der Waals surface area contributed by atoms with Crippen LogP contribution in [0.25, 0.3) is 21.9 Å². The van der Waals surface area contributed by atoms with E-state index in [2.05, 4.69) is 54.8 Å². The summed E-state index contributed by atoms with van der Waals surface area (Å²) in [6.45, 7) is 3.94. The maximum absolute atomic E-state index is 13.2. The standard InChI is InChI=1S/C25H22N6O/c1-15-10-11-18(31-24-22-23(27-13-26-22)28-14-29-24)12-21(15)25(32)30-16(2)19-9-5-7-17-6-3-4-8-20(17)19/h3-14,16H,1-2H3,(H,30,32)(H2,26,27,28,29,31)/t16-/m1/s1. The number of hydrogen-bond acceptors (Lipinski definition) is 5. The van der Waals surface area contributed by atoms with Gasteiger partial charge in [-0.2, -0.15) is 0 Å². The van der Waals surface area contributed by atoms with Crippen LogP contribution in [0.1, 0.15) is 34.5 Å². The van der Waals surface area contributed by atoms with Crippen LogP contribution in [0.3, 0.4) is 0 Å². The van der Waals surface area contributed by atoms with Crippen molar-refractivity contribution in [3.63, 3.8) is 0 Å². The third kappa shape index (κ3) is 3.65. The quantitative estimate of drug-likeness (QED) is 0.368. The van der Waals surface area contributed by atoms with Crippen molar-refractivity contribution in [2.24, 2.45) is 0 Å². The van der Waals surface area contributed by atoms with Crippen molar-refractivity contribution < 1.29 is 4.79 Å². The van der Waals surface area contributed by atoms with E-state index in [4.69, 9.17) is 0 Å². The Morgan fingerprint density at radius 3 is 2.75 bits per heavy atom. The molecule has 0 spiro atoms. The van der Waals surface area contributed by atoms with Gasteiger partial charge in [0.25, 0.3) is 5.91 Å². The molecular weight excluding hydrogens is 400 g/mol. The van der Waals surface area contributed by atoms with E-state index >= 15 is 0 Å². The molecule has 0 fully saturated rings. The van der Waals surface area contributed by atoms with E-state index < -0.39 is 0 Å². The molecule has 0 radical (unpaired) electrons. The summed E-state index contributed by atoms with van der Waals surface area (Å²) in [5, 5.41) is 8.71. The summed E-state index contributed by atoms with van der Waals surface area (Å²) in [5.74, 6) is 0.479. The fraction of sp³-hybridized carbons (Fsp3) is 0.120. The Kier molecular flexibility index (Phi) is 4.99. The minimum Gasteiger partial charge on any atom is -0.345 e. The van der Waals surface area contributed by atoms with Gasteiger partial charge in [0.1, 0.15) is 11.8 Å². The first kappa shape index (κ1) is 19.7. The molecule has 0 aliphatic rings. The molecule has 3 N–H and O–H groups in total. The van der Waals surface area contributed by atoms with Gasteiger partial charge in [0, 0.05) is 11.3 Å². The average molecular weight is 422 g/mol. The Morgan fingerprint density at radius 1 is 1.00 bits per heavy atom. The van der Waals surface area contributed by atoms with Crippen molar-refractivity contribution in [3.05, 3.63) is 90.0 Å². The molecule has 158 valence electrons. The first-order valence-electron chi connectivity index (χ1n) is 10.4. The van der Waals surface area contributed by atoms with Crippen molar-refractivity contribution in [2.75, 3.05) is 5.32 Å². The predicted molar refractivity (Wildman–Crippen MR) is 126 cm³/mol. The minimum atomic E-state index is -0.143. The van der Waals surface area contributed by atoms with Crippen molar-refractivity contribution in [3.8, 4) is 0 Å². The Hall–Kier alpha value is -4.26. The van der Waals surface area contributed by atoms with Crippen molar-refractivity contribution in [1.29, 1.82) is 0 Å². The maximum atomic E-state index is 13.2. The number of aromatic nitrogens is 4. The molecule has 2 heterocycles.